The molecule has 4 rings (SSSR count). The van der Waals surface area contributed by atoms with Gasteiger partial charge >= 0.3 is 7.12 Å². The quantitative estimate of drug-likeness (QED) is 0.612. The lowest BCUT2D eigenvalue weighted by Gasteiger charge is -2.32. The maximum absolute atomic E-state index is 13.7. The van der Waals surface area contributed by atoms with Crippen LogP contribution in [-0.2, 0) is 19.3 Å². The van der Waals surface area contributed by atoms with Crippen LogP contribution in [0.3, 0.4) is 0 Å². The Morgan fingerprint density at radius 1 is 1.07 bits per heavy atom. The Bertz CT molecular complexity index is 1130. The van der Waals surface area contributed by atoms with Crippen molar-refractivity contribution in [3.63, 3.8) is 0 Å². The molecule has 2 heterocycles. The summed E-state index contributed by atoms with van der Waals surface area (Å²) in [6.07, 6.45) is 7.23. The van der Waals surface area contributed by atoms with Crippen molar-refractivity contribution < 1.29 is 17.7 Å². The molecule has 0 bridgehead atoms. The Hall–Kier alpha value is -2.03. The number of nitrogen functional groups attached to an aromatic ring is 1. The van der Waals surface area contributed by atoms with Crippen molar-refractivity contribution in [2.45, 2.75) is 57.0 Å². The minimum absolute atomic E-state index is 0.273. The summed E-state index contributed by atoms with van der Waals surface area (Å²) >= 11 is 0. The highest BCUT2D eigenvalue weighted by atomic mass is 32.2. The summed E-state index contributed by atoms with van der Waals surface area (Å²) in [5.41, 5.74) is 6.88. The van der Waals surface area contributed by atoms with Crippen molar-refractivity contribution in [2.75, 3.05) is 5.73 Å². The average Bonchev–Trinajstić information content (AvgIpc) is 3.15. The van der Waals surface area contributed by atoms with Crippen LogP contribution in [0.1, 0.15) is 41.0 Å². The maximum atomic E-state index is 13.7. The van der Waals surface area contributed by atoms with Gasteiger partial charge in [0.1, 0.15) is 4.75 Å². The van der Waals surface area contributed by atoms with E-state index in [1.165, 1.54) is 3.97 Å². The molecule has 2 aliphatic rings. The predicted molar refractivity (Wildman–Crippen MR) is 117 cm³/mol. The van der Waals surface area contributed by atoms with Gasteiger partial charge in [0.05, 0.1) is 22.4 Å². The lowest BCUT2D eigenvalue weighted by molar-refractivity contribution is 0.00578. The van der Waals surface area contributed by atoms with Gasteiger partial charge in [0.2, 0.25) is 10.0 Å². The van der Waals surface area contributed by atoms with Gasteiger partial charge in [0.25, 0.3) is 0 Å². The molecule has 1 aromatic heterocycles. The van der Waals surface area contributed by atoms with Crippen LogP contribution < -0.4 is 5.73 Å². The van der Waals surface area contributed by atoms with Gasteiger partial charge in [-0.25, -0.2) is 12.4 Å². The fourth-order valence-electron chi connectivity index (χ4n) is 3.85. The highest BCUT2D eigenvalue weighted by Gasteiger charge is 2.54. The molecule has 29 heavy (non-hydrogen) atoms. The highest BCUT2D eigenvalue weighted by molar-refractivity contribution is 7.91. The lowest BCUT2D eigenvalue weighted by atomic mass is 9.71. The Labute approximate surface area is 172 Å². The van der Waals surface area contributed by atoms with Crippen LogP contribution >= 0.6 is 0 Å². The summed E-state index contributed by atoms with van der Waals surface area (Å²) in [7, 11) is -4.37. The van der Waals surface area contributed by atoms with Crippen LogP contribution in [0, 0.1) is 0 Å². The molecule has 154 valence electrons. The summed E-state index contributed by atoms with van der Waals surface area (Å²) in [6.45, 7) is 9.66. The van der Waals surface area contributed by atoms with Crippen LogP contribution in [0.4, 0.5) is 5.69 Å². The topological polar surface area (TPSA) is 83.6 Å². The average molecular weight is 414 g/mol. The first kappa shape index (κ1) is 20.3. The summed E-state index contributed by atoms with van der Waals surface area (Å²) in [6, 6.07) is 7.15. The zero-order chi connectivity index (χ0) is 21.2. The first-order valence-electron chi connectivity index (χ1n) is 9.73. The molecule has 1 unspecified atom stereocenters. The number of nitrogens with zero attached hydrogens (tertiary/aromatic N) is 1. The van der Waals surface area contributed by atoms with Gasteiger partial charge in [-0.15, -0.1) is 0 Å². The van der Waals surface area contributed by atoms with Gasteiger partial charge in [-0.2, -0.15) is 0 Å². The number of hydrogen-bond donors (Lipinski definition) is 1. The minimum Gasteiger partial charge on any atom is -0.400 e. The molecular weight excluding hydrogens is 387 g/mol. The largest absolute Gasteiger partial charge is 0.490 e. The zero-order valence-corrected chi connectivity index (χ0v) is 18.3. The van der Waals surface area contributed by atoms with Gasteiger partial charge in [0, 0.05) is 11.6 Å². The second-order valence-corrected chi connectivity index (χ2v) is 11.4. The number of allylic oxidation sites excluding steroid dienone is 3. The van der Waals surface area contributed by atoms with Crippen molar-refractivity contribution in [1.29, 1.82) is 0 Å². The van der Waals surface area contributed by atoms with Crippen LogP contribution in [0.5, 0.6) is 0 Å². The molecule has 1 saturated heterocycles. The summed E-state index contributed by atoms with van der Waals surface area (Å²) in [4.78, 5) is 0. The van der Waals surface area contributed by atoms with E-state index in [1.807, 2.05) is 45.9 Å². The van der Waals surface area contributed by atoms with E-state index in [0.29, 0.717) is 11.2 Å². The Balaban J connectivity index is 1.71. The molecule has 6 nitrogen and oxygen atoms in total. The van der Waals surface area contributed by atoms with E-state index in [0.717, 1.165) is 10.9 Å². The Morgan fingerprint density at radius 3 is 2.38 bits per heavy atom. The third kappa shape index (κ3) is 2.96. The molecule has 1 fully saturated rings. The molecule has 1 aliphatic heterocycles. The molecule has 0 radical (unpaired) electrons. The number of benzene rings is 1. The van der Waals surface area contributed by atoms with Crippen molar-refractivity contribution in [1.82, 2.24) is 3.97 Å². The lowest BCUT2D eigenvalue weighted by Crippen LogP contribution is -2.41. The van der Waals surface area contributed by atoms with Crippen molar-refractivity contribution in [2.24, 2.45) is 0 Å². The molecule has 1 aromatic carbocycles. The SMILES string of the molecule is CC1(C)OB(C2=CC=CC(C)(S(=O)(=O)n3ccc4cccc(N)c43)C2)OC1(C)C. The number of anilines is 1. The normalized spacial score (nSPS) is 26.1. The molecule has 8 heteroatoms. The summed E-state index contributed by atoms with van der Waals surface area (Å²) < 4.78 is 39.8. The van der Waals surface area contributed by atoms with Crippen LogP contribution in [0.25, 0.3) is 10.9 Å². The van der Waals surface area contributed by atoms with E-state index < -0.39 is 33.1 Å². The molecule has 0 spiro atoms. The molecular formula is C21H27BN2O4S. The van der Waals surface area contributed by atoms with Crippen LogP contribution in [-0.4, -0.2) is 35.5 Å². The van der Waals surface area contributed by atoms with Crippen LogP contribution in [0.15, 0.2) is 54.2 Å². The van der Waals surface area contributed by atoms with E-state index in [2.05, 4.69) is 0 Å². The van der Waals surface area contributed by atoms with Gasteiger partial charge in [0.15, 0.2) is 0 Å². The van der Waals surface area contributed by atoms with E-state index in [-0.39, 0.29) is 6.42 Å². The van der Waals surface area contributed by atoms with Crippen LogP contribution in [0.2, 0.25) is 0 Å². The fraction of sp³-hybridized carbons (Fsp3) is 0.429. The number of para-hydroxylation sites is 1. The van der Waals surface area contributed by atoms with Crippen molar-refractivity contribution in [3.8, 4) is 0 Å². The van der Waals surface area contributed by atoms with Gasteiger partial charge < -0.3 is 15.0 Å². The molecule has 0 saturated carbocycles. The van der Waals surface area contributed by atoms with Crippen molar-refractivity contribution in [3.05, 3.63) is 54.2 Å². The second kappa shape index (κ2) is 6.24. The Kier molecular flexibility index (Phi) is 4.36. The monoisotopic (exact) mass is 414 g/mol. The van der Waals surface area contributed by atoms with E-state index in [4.69, 9.17) is 15.0 Å². The molecule has 1 aliphatic carbocycles. The van der Waals surface area contributed by atoms with Gasteiger partial charge in [-0.1, -0.05) is 30.4 Å². The van der Waals surface area contributed by atoms with Gasteiger partial charge in [-0.3, -0.25) is 0 Å². The predicted octanol–water partition coefficient (Wildman–Crippen LogP) is 3.68. The summed E-state index contributed by atoms with van der Waals surface area (Å²) in [5, 5.41) is 0.790. The van der Waals surface area contributed by atoms with Crippen molar-refractivity contribution >= 4 is 33.7 Å². The van der Waals surface area contributed by atoms with Gasteiger partial charge in [-0.05, 0) is 58.6 Å². The second-order valence-electron chi connectivity index (χ2n) is 9.08. The zero-order valence-electron chi connectivity index (χ0n) is 17.5. The fourth-order valence-corrected chi connectivity index (χ4v) is 5.57. The maximum Gasteiger partial charge on any atom is 0.490 e. The van der Waals surface area contributed by atoms with E-state index >= 15 is 0 Å². The summed E-state index contributed by atoms with van der Waals surface area (Å²) in [5.74, 6) is 0. The standard InChI is InChI=1S/C21H27BN2O4S/c1-19(2)20(3,4)28-22(27-19)16-9-7-12-21(5,14-16)29(25,26)24-13-11-15-8-6-10-17(23)18(15)24/h6-13H,14,23H2,1-5H3. The first-order chi connectivity index (χ1) is 13.4. The third-order valence-electron chi connectivity index (χ3n) is 6.43. The number of hydrogen-bond acceptors (Lipinski definition) is 5. The molecule has 2 aromatic rings. The van der Waals surface area contributed by atoms with E-state index in [1.54, 1.807) is 37.4 Å². The third-order valence-corrected chi connectivity index (χ3v) is 8.71. The molecule has 0 amide bonds. The number of fused-ring (bicyclic) bond motifs is 1. The first-order valence-corrected chi connectivity index (χ1v) is 11.2. The molecule has 1 atom stereocenters. The Morgan fingerprint density at radius 2 is 1.72 bits per heavy atom. The smallest absolute Gasteiger partial charge is 0.400 e. The number of aromatic nitrogens is 1. The molecule has 2 N–H and O–H groups in total. The number of rotatable bonds is 3. The van der Waals surface area contributed by atoms with E-state index in [9.17, 15) is 8.42 Å². The number of nitrogens with two attached hydrogens (primary N) is 1. The minimum atomic E-state index is -3.79. The highest BCUT2D eigenvalue weighted by Crippen LogP contribution is 2.42.